The van der Waals surface area contributed by atoms with E-state index in [1.165, 1.54) is 6.42 Å². The molecular weight excluding hydrogens is 253 g/mol. The molecule has 1 aliphatic rings. The van der Waals surface area contributed by atoms with Crippen LogP contribution in [-0.4, -0.2) is 48.1 Å². The van der Waals surface area contributed by atoms with Crippen LogP contribution in [-0.2, 0) is 9.09 Å². The first-order chi connectivity index (χ1) is 8.07. The highest BCUT2D eigenvalue weighted by Crippen LogP contribution is 2.42. The van der Waals surface area contributed by atoms with E-state index in [1.54, 1.807) is 0 Å². The average molecular weight is 280 g/mol. The highest BCUT2D eigenvalue weighted by molar-refractivity contribution is 7.46. The molecule has 6 heteroatoms. The topological polar surface area (TPSA) is 66.8 Å². The van der Waals surface area contributed by atoms with Gasteiger partial charge in [-0.05, 0) is 24.7 Å². The Balaban J connectivity index is 2.72. The van der Waals surface area contributed by atoms with E-state index >= 15 is 0 Å². The predicted molar refractivity (Wildman–Crippen MR) is 70.9 cm³/mol. The summed E-state index contributed by atoms with van der Waals surface area (Å²) in [4.78, 5) is 18.1. The fraction of sp³-hybridized carbons (Fsp3) is 1.00. The van der Waals surface area contributed by atoms with Crippen molar-refractivity contribution in [3.8, 4) is 0 Å². The van der Waals surface area contributed by atoms with Crippen molar-refractivity contribution in [3.63, 3.8) is 0 Å². The van der Waals surface area contributed by atoms with Gasteiger partial charge in [0.05, 0.1) is 21.1 Å². The summed E-state index contributed by atoms with van der Waals surface area (Å²) < 4.78 is 16.8. The summed E-state index contributed by atoms with van der Waals surface area (Å²) in [5.74, 6) is 0.887. The molecule has 1 saturated carbocycles. The summed E-state index contributed by atoms with van der Waals surface area (Å²) in [6.45, 7) is 2.83. The van der Waals surface area contributed by atoms with Crippen LogP contribution >= 0.6 is 7.82 Å². The Labute approximate surface area is 110 Å². The van der Waals surface area contributed by atoms with Gasteiger partial charge in [0.1, 0.15) is 12.6 Å². The third-order valence-electron chi connectivity index (χ3n) is 3.50. The molecular formula is C12H27NO4P+. The number of phosphoric ester groups is 1. The predicted octanol–water partition coefficient (Wildman–Crippen LogP) is 2.00. The van der Waals surface area contributed by atoms with Crippen LogP contribution in [0.1, 0.15) is 32.6 Å². The number of quaternary nitrogens is 1. The Hall–Kier alpha value is 0.0700. The maximum atomic E-state index is 11.1. The number of hydrogen-bond donors (Lipinski definition) is 2. The monoisotopic (exact) mass is 280 g/mol. The minimum atomic E-state index is -4.40. The second-order valence-electron chi connectivity index (χ2n) is 6.64. The summed E-state index contributed by atoms with van der Waals surface area (Å²) in [6, 6.07) is 0. The number of nitrogens with zero attached hydrogens (tertiary/aromatic N) is 1. The molecule has 0 aliphatic heterocycles. The number of phosphoric acid groups is 1. The average Bonchev–Trinajstić information content (AvgIpc) is 2.12. The van der Waals surface area contributed by atoms with E-state index in [0.717, 1.165) is 19.3 Å². The third kappa shape index (κ3) is 6.30. The summed E-state index contributed by atoms with van der Waals surface area (Å²) in [5, 5.41) is 0. The van der Waals surface area contributed by atoms with Crippen LogP contribution in [0.4, 0.5) is 0 Å². The van der Waals surface area contributed by atoms with Crippen LogP contribution in [0.2, 0.25) is 0 Å². The molecule has 0 bridgehead atoms. The summed E-state index contributed by atoms with van der Waals surface area (Å²) >= 11 is 0. The molecule has 3 unspecified atom stereocenters. The molecule has 3 atom stereocenters. The molecule has 0 aromatic rings. The maximum Gasteiger partial charge on any atom is 0.470 e. The molecule has 0 spiro atoms. The van der Waals surface area contributed by atoms with Crippen LogP contribution < -0.4 is 0 Å². The van der Waals surface area contributed by atoms with Gasteiger partial charge in [0.2, 0.25) is 0 Å². The van der Waals surface area contributed by atoms with Gasteiger partial charge < -0.3 is 14.3 Å². The Morgan fingerprint density at radius 1 is 1.33 bits per heavy atom. The second-order valence-corrected chi connectivity index (χ2v) is 7.83. The zero-order chi connectivity index (χ0) is 14.0. The van der Waals surface area contributed by atoms with Crippen molar-refractivity contribution in [2.75, 3.05) is 27.7 Å². The van der Waals surface area contributed by atoms with Gasteiger partial charge in [-0.1, -0.05) is 19.8 Å². The van der Waals surface area contributed by atoms with Gasteiger partial charge in [-0.2, -0.15) is 0 Å². The van der Waals surface area contributed by atoms with Gasteiger partial charge in [0, 0.05) is 0 Å². The number of rotatable bonds is 5. The van der Waals surface area contributed by atoms with E-state index < -0.39 is 7.82 Å². The van der Waals surface area contributed by atoms with Gasteiger partial charge in [-0.25, -0.2) is 4.57 Å². The van der Waals surface area contributed by atoms with E-state index in [1.807, 2.05) is 21.1 Å². The SMILES string of the molecule is CC1CCCC(C(C[N+](C)(C)C)OP(=O)(O)O)C1. The molecule has 0 saturated heterocycles. The molecule has 5 nitrogen and oxygen atoms in total. The van der Waals surface area contributed by atoms with Gasteiger partial charge in [0.25, 0.3) is 0 Å². The summed E-state index contributed by atoms with van der Waals surface area (Å²) in [7, 11) is 1.64. The first kappa shape index (κ1) is 16.1. The van der Waals surface area contributed by atoms with E-state index in [9.17, 15) is 4.57 Å². The molecule has 0 aromatic carbocycles. The minimum absolute atomic E-state index is 0.263. The van der Waals surface area contributed by atoms with Crippen molar-refractivity contribution in [3.05, 3.63) is 0 Å². The van der Waals surface area contributed by atoms with Gasteiger partial charge >= 0.3 is 7.82 Å². The highest BCUT2D eigenvalue weighted by atomic mass is 31.2. The van der Waals surface area contributed by atoms with Crippen molar-refractivity contribution in [1.29, 1.82) is 0 Å². The van der Waals surface area contributed by atoms with Gasteiger partial charge in [-0.3, -0.25) is 4.52 Å². The van der Waals surface area contributed by atoms with E-state index in [2.05, 4.69) is 6.92 Å². The van der Waals surface area contributed by atoms with E-state index in [4.69, 9.17) is 14.3 Å². The lowest BCUT2D eigenvalue weighted by atomic mass is 9.79. The molecule has 0 aromatic heterocycles. The third-order valence-corrected chi connectivity index (χ3v) is 4.05. The Bertz CT molecular complexity index is 310. The first-order valence-corrected chi connectivity index (χ1v) is 8.14. The van der Waals surface area contributed by atoms with Crippen molar-refractivity contribution >= 4 is 7.82 Å². The molecule has 0 heterocycles. The Morgan fingerprint density at radius 2 is 1.94 bits per heavy atom. The molecule has 1 aliphatic carbocycles. The lowest BCUT2D eigenvalue weighted by Crippen LogP contribution is -2.45. The van der Waals surface area contributed by atoms with E-state index in [-0.39, 0.29) is 12.0 Å². The maximum absolute atomic E-state index is 11.1. The van der Waals surface area contributed by atoms with Crippen molar-refractivity contribution in [2.24, 2.45) is 11.8 Å². The van der Waals surface area contributed by atoms with Crippen LogP contribution in [0.5, 0.6) is 0 Å². The molecule has 0 amide bonds. The second kappa shape index (κ2) is 6.02. The largest absolute Gasteiger partial charge is 0.470 e. The number of likely N-dealkylation sites (N-methyl/N-ethyl adjacent to an activating group) is 1. The molecule has 1 rings (SSSR count). The fourth-order valence-electron chi connectivity index (χ4n) is 2.80. The lowest BCUT2D eigenvalue weighted by molar-refractivity contribution is -0.873. The van der Waals surface area contributed by atoms with Crippen LogP contribution in [0.3, 0.4) is 0 Å². The molecule has 1 fully saturated rings. The zero-order valence-corrected chi connectivity index (χ0v) is 12.8. The normalized spacial score (nSPS) is 28.1. The fourth-order valence-corrected chi connectivity index (χ4v) is 3.39. The smallest absolute Gasteiger partial charge is 0.329 e. The van der Waals surface area contributed by atoms with Crippen LogP contribution in [0.25, 0.3) is 0 Å². The highest BCUT2D eigenvalue weighted by Gasteiger charge is 2.35. The molecule has 18 heavy (non-hydrogen) atoms. The lowest BCUT2D eigenvalue weighted by Gasteiger charge is -2.36. The quantitative estimate of drug-likeness (QED) is 0.597. The Morgan fingerprint density at radius 3 is 2.39 bits per heavy atom. The van der Waals surface area contributed by atoms with E-state index in [0.29, 0.717) is 16.9 Å². The van der Waals surface area contributed by atoms with Crippen molar-refractivity contribution < 1.29 is 23.4 Å². The van der Waals surface area contributed by atoms with Crippen molar-refractivity contribution in [1.82, 2.24) is 0 Å². The number of hydrogen-bond acceptors (Lipinski definition) is 2. The first-order valence-electron chi connectivity index (χ1n) is 6.61. The minimum Gasteiger partial charge on any atom is -0.329 e. The molecule has 0 radical (unpaired) electrons. The van der Waals surface area contributed by atoms with Gasteiger partial charge in [-0.15, -0.1) is 0 Å². The van der Waals surface area contributed by atoms with Crippen molar-refractivity contribution in [2.45, 2.75) is 38.7 Å². The van der Waals surface area contributed by atoms with Crippen LogP contribution in [0, 0.1) is 11.8 Å². The van der Waals surface area contributed by atoms with Gasteiger partial charge in [0.15, 0.2) is 0 Å². The molecule has 2 N–H and O–H groups in total. The standard InChI is InChI=1S/C12H26NO4P/c1-10-6-5-7-11(8-10)12(9-13(2,3)4)17-18(14,15)16/h10-12H,5-9H2,1-4H3,(H-,14,15,16)/p+1. The Kier molecular flexibility index (Phi) is 5.39. The zero-order valence-electron chi connectivity index (χ0n) is 11.9. The summed E-state index contributed by atoms with van der Waals surface area (Å²) in [6.07, 6.45) is 4.00. The van der Waals surface area contributed by atoms with Crippen LogP contribution in [0.15, 0.2) is 0 Å². The molecule has 108 valence electrons. The summed E-state index contributed by atoms with van der Waals surface area (Å²) in [5.41, 5.74) is 0.